The van der Waals surface area contributed by atoms with Gasteiger partial charge in [-0.25, -0.2) is 0 Å². The number of esters is 1. The van der Waals surface area contributed by atoms with Gasteiger partial charge in [-0.1, -0.05) is 6.07 Å². The van der Waals surface area contributed by atoms with Crippen LogP contribution < -0.4 is 26.6 Å². The monoisotopic (exact) mass is 1100 g/mol. The zero-order valence-corrected chi connectivity index (χ0v) is 46.1. The van der Waals surface area contributed by atoms with Crippen molar-refractivity contribution in [3.63, 3.8) is 0 Å². The molecule has 0 bridgehead atoms. The molecule has 4 saturated carbocycles. The van der Waals surface area contributed by atoms with Crippen molar-refractivity contribution in [1.82, 2.24) is 41.4 Å². The summed E-state index contributed by atoms with van der Waals surface area (Å²) in [7, 11) is 3.09. The van der Waals surface area contributed by atoms with E-state index < -0.39 is 17.9 Å². The van der Waals surface area contributed by atoms with E-state index in [1.54, 1.807) is 35.3 Å². The molecule has 22 heteroatoms. The quantitative estimate of drug-likeness (QED) is 0.0460. The van der Waals surface area contributed by atoms with Crippen LogP contribution in [0.2, 0.25) is 0 Å². The average Bonchev–Trinajstić information content (AvgIpc) is 3.76. The smallest absolute Gasteiger partial charge is 0.308 e. The molecule has 0 unspecified atom stereocenters. The first-order valence-corrected chi connectivity index (χ1v) is 28.8. The van der Waals surface area contributed by atoms with Gasteiger partial charge in [-0.05, 0) is 127 Å². The lowest BCUT2D eigenvalue weighted by Gasteiger charge is -2.29. The number of ether oxygens (including phenoxy) is 5. The Kier molecular flexibility index (Phi) is 26.5. The van der Waals surface area contributed by atoms with Crippen molar-refractivity contribution < 1.29 is 67.1 Å². The van der Waals surface area contributed by atoms with Gasteiger partial charge in [0.05, 0.1) is 81.6 Å². The number of likely N-dealkylation sites (tertiary alicyclic amines) is 1. The van der Waals surface area contributed by atoms with Crippen molar-refractivity contribution in [2.45, 2.75) is 177 Å². The minimum atomic E-state index is -0.759. The third-order valence-corrected chi connectivity index (χ3v) is 16.1. The van der Waals surface area contributed by atoms with Gasteiger partial charge in [0.1, 0.15) is 0 Å². The van der Waals surface area contributed by atoms with Gasteiger partial charge >= 0.3 is 11.9 Å². The lowest BCUT2D eigenvalue weighted by Crippen LogP contribution is -2.47. The molecule has 5 fully saturated rings. The summed E-state index contributed by atoms with van der Waals surface area (Å²) in [6.45, 7) is 2.34. The molecule has 1 aromatic rings. The van der Waals surface area contributed by atoms with Gasteiger partial charge < -0.3 is 60.3 Å². The number of aliphatic carboxylic acids is 1. The van der Waals surface area contributed by atoms with Crippen LogP contribution in [0.4, 0.5) is 0 Å². The molecular formula is C56H88N8O14. The van der Waals surface area contributed by atoms with Crippen molar-refractivity contribution in [3.05, 3.63) is 30.1 Å². The van der Waals surface area contributed by atoms with Gasteiger partial charge in [0, 0.05) is 90.2 Å². The number of amides is 6. The Labute approximate surface area is 459 Å². The predicted octanol–water partition coefficient (Wildman–Crippen LogP) is 3.11. The van der Waals surface area contributed by atoms with E-state index in [-0.39, 0.29) is 135 Å². The molecule has 436 valence electrons. The zero-order valence-electron chi connectivity index (χ0n) is 46.1. The largest absolute Gasteiger partial charge is 0.481 e. The number of carbonyl (C=O) groups is 8. The zero-order chi connectivity index (χ0) is 55.7. The predicted molar refractivity (Wildman–Crippen MR) is 285 cm³/mol. The number of pyridine rings is 1. The minimum Gasteiger partial charge on any atom is -0.481 e. The van der Waals surface area contributed by atoms with Crippen molar-refractivity contribution in [2.75, 3.05) is 79.9 Å². The first-order valence-electron chi connectivity index (χ1n) is 28.8. The molecule has 4 aliphatic carbocycles. The molecule has 5 aliphatic rings. The molecule has 1 saturated heterocycles. The maximum absolute atomic E-state index is 13.5. The number of hydrogen-bond acceptors (Lipinski definition) is 15. The van der Waals surface area contributed by atoms with E-state index >= 15 is 0 Å². The van der Waals surface area contributed by atoms with E-state index in [0.29, 0.717) is 77.8 Å². The number of nitrogens with one attached hydrogen (secondary N) is 5. The van der Waals surface area contributed by atoms with Gasteiger partial charge in [-0.15, -0.1) is 0 Å². The number of carbonyl (C=O) groups excluding carboxylic acids is 7. The topological polar surface area (TPSA) is 282 Å². The SMILES string of the molecule is COC(=O)C1CCC(NC(=O)CCCOC2CCC(OCCNC(=O)CN(CCNC(=O)[C@H]3CC(=O)N(C)[C@@H]3c3cccnc3)CC(=O)NCCOC3CCC(OCCCC(=O)NC4CCC(C(=O)O)CC4)CC3)CC2)CC1. The second-order valence-corrected chi connectivity index (χ2v) is 21.8. The van der Waals surface area contributed by atoms with Crippen LogP contribution in [-0.2, 0) is 62.0 Å². The highest BCUT2D eigenvalue weighted by Crippen LogP contribution is 2.37. The van der Waals surface area contributed by atoms with Crippen LogP contribution in [0.1, 0.15) is 146 Å². The number of hydrogen-bond donors (Lipinski definition) is 6. The minimum absolute atomic E-state index is 0.00995. The maximum Gasteiger partial charge on any atom is 0.308 e. The lowest BCUT2D eigenvalue weighted by atomic mass is 9.86. The molecule has 22 nitrogen and oxygen atoms in total. The third kappa shape index (κ3) is 21.4. The molecule has 78 heavy (non-hydrogen) atoms. The average molecular weight is 1100 g/mol. The van der Waals surface area contributed by atoms with Gasteiger partial charge in [0.15, 0.2) is 0 Å². The van der Waals surface area contributed by atoms with Crippen LogP contribution in [0.3, 0.4) is 0 Å². The van der Waals surface area contributed by atoms with Crippen LogP contribution in [-0.4, -0.2) is 184 Å². The standard InChI is InChI=1S/C56H88N8O14/c1-63-52(69)34-47(53(63)40-6-3-25-57-35-40)54(70)60-26-29-64(36-50(67)58-27-32-77-45-21-17-43(18-22-45)75-30-4-7-48(65)61-41-13-9-38(10-14-41)55(71)72)37-51(68)59-28-33-78-46-23-19-44(20-24-46)76-31-5-8-49(66)62-42-15-11-39(12-16-42)56(73)74-2/h3,6,25,35,38-39,41-47,53H,4-5,7-24,26-34,36-37H2,1-2H3,(H,58,67)(H,59,68)(H,60,70)(H,61,65)(H,62,66)(H,71,72)/t38?,39?,41?,42?,43?,44?,45?,46?,47-,53+/m0/s1. The summed E-state index contributed by atoms with van der Waals surface area (Å²) in [6, 6.07) is 3.28. The Morgan fingerprint density at radius 3 is 1.55 bits per heavy atom. The van der Waals surface area contributed by atoms with Gasteiger partial charge in [-0.2, -0.15) is 0 Å². The fourth-order valence-corrected chi connectivity index (χ4v) is 11.6. The Hall–Kier alpha value is -5.29. The fraction of sp³-hybridized carbons (Fsp3) is 0.768. The number of rotatable bonds is 31. The first-order chi connectivity index (χ1) is 37.7. The number of carboxylic acid groups (broad SMARTS) is 1. The summed E-state index contributed by atoms with van der Waals surface area (Å²) in [5.41, 5.74) is 0.763. The summed E-state index contributed by atoms with van der Waals surface area (Å²) < 4.78 is 29.2. The molecule has 1 aliphatic heterocycles. The Balaban J connectivity index is 0.840. The third-order valence-electron chi connectivity index (χ3n) is 16.1. The van der Waals surface area contributed by atoms with E-state index in [2.05, 4.69) is 31.6 Å². The van der Waals surface area contributed by atoms with Crippen molar-refractivity contribution in [3.8, 4) is 0 Å². The van der Waals surface area contributed by atoms with Gasteiger partial charge in [-0.3, -0.25) is 48.2 Å². The maximum atomic E-state index is 13.5. The van der Waals surface area contributed by atoms with Gasteiger partial charge in [0.2, 0.25) is 35.4 Å². The van der Waals surface area contributed by atoms with Gasteiger partial charge in [0.25, 0.3) is 0 Å². The van der Waals surface area contributed by atoms with E-state index in [0.717, 1.165) is 82.6 Å². The van der Waals surface area contributed by atoms with E-state index in [1.807, 2.05) is 6.07 Å². The Morgan fingerprint density at radius 2 is 1.10 bits per heavy atom. The number of nitrogens with zero attached hydrogens (tertiary/aromatic N) is 3. The van der Waals surface area contributed by atoms with Crippen LogP contribution in [0.15, 0.2) is 24.5 Å². The van der Waals surface area contributed by atoms with E-state index in [4.69, 9.17) is 23.7 Å². The normalized spacial score (nSPS) is 26.4. The highest BCUT2D eigenvalue weighted by Gasteiger charge is 2.43. The molecule has 6 rings (SSSR count). The highest BCUT2D eigenvalue weighted by atomic mass is 16.5. The number of methoxy groups -OCH3 is 1. The van der Waals surface area contributed by atoms with Crippen LogP contribution in [0.5, 0.6) is 0 Å². The molecule has 0 radical (unpaired) electrons. The number of carboxylic acids is 1. The number of aromatic nitrogens is 1. The second-order valence-electron chi connectivity index (χ2n) is 21.8. The molecule has 6 N–H and O–H groups in total. The first kappa shape index (κ1) is 61.9. The molecular weight excluding hydrogens is 1010 g/mol. The van der Waals surface area contributed by atoms with Crippen molar-refractivity contribution >= 4 is 47.4 Å². The molecule has 6 amide bonds. The summed E-state index contributed by atoms with van der Waals surface area (Å²) >= 11 is 0. The highest BCUT2D eigenvalue weighted by molar-refractivity contribution is 5.90. The lowest BCUT2D eigenvalue weighted by molar-refractivity contribution is -0.147. The molecule has 0 aromatic carbocycles. The molecule has 1 aromatic heterocycles. The molecule has 2 heterocycles. The van der Waals surface area contributed by atoms with Crippen molar-refractivity contribution in [2.24, 2.45) is 17.8 Å². The molecule has 2 atom stereocenters. The second kappa shape index (κ2) is 33.3. The Bertz CT molecular complexity index is 2060. The van der Waals surface area contributed by atoms with E-state index in [1.165, 1.54) is 7.11 Å². The summed E-state index contributed by atoms with van der Waals surface area (Å²) in [5.74, 6) is -2.99. The summed E-state index contributed by atoms with van der Waals surface area (Å²) in [5, 5.41) is 24.1. The van der Waals surface area contributed by atoms with Crippen LogP contribution in [0, 0.1) is 17.8 Å². The van der Waals surface area contributed by atoms with Crippen LogP contribution >= 0.6 is 0 Å². The fourth-order valence-electron chi connectivity index (χ4n) is 11.6. The van der Waals surface area contributed by atoms with Crippen LogP contribution in [0.25, 0.3) is 0 Å². The summed E-state index contributed by atoms with van der Waals surface area (Å²) in [6.07, 6.45) is 17.9. The Morgan fingerprint density at radius 1 is 0.628 bits per heavy atom. The summed E-state index contributed by atoms with van der Waals surface area (Å²) in [4.78, 5) is 108. The van der Waals surface area contributed by atoms with E-state index in [9.17, 15) is 43.5 Å². The van der Waals surface area contributed by atoms with Crippen molar-refractivity contribution in [1.29, 1.82) is 0 Å². The molecule has 0 spiro atoms.